The second kappa shape index (κ2) is 13.2. The van der Waals surface area contributed by atoms with Gasteiger partial charge in [0.25, 0.3) is 11.8 Å². The third-order valence-corrected chi connectivity index (χ3v) is 5.50. The standard InChI is InChI=1S/C24H24N4O3S.CH4/c25-14-22(24(30)28-31)27-23(29)20-11-9-18(10-12-20)4-3-17-5-7-19(8-6-17)15-26-16-21-2-1-13-32-21;/h1-2,5-13,22,26,31H,14-16,25H2,(H,27,29)(H,28,30);1H4/t22-;/m0./s1. The molecule has 6 N–H and O–H groups in total. The Labute approximate surface area is 198 Å². The lowest BCUT2D eigenvalue weighted by molar-refractivity contribution is -0.130. The molecule has 0 saturated carbocycles. The van der Waals surface area contributed by atoms with Gasteiger partial charge in [0, 0.05) is 41.2 Å². The van der Waals surface area contributed by atoms with Crippen molar-refractivity contribution in [3.8, 4) is 11.8 Å². The van der Waals surface area contributed by atoms with Crippen molar-refractivity contribution in [1.82, 2.24) is 16.1 Å². The summed E-state index contributed by atoms with van der Waals surface area (Å²) in [6.45, 7) is 1.51. The van der Waals surface area contributed by atoms with Crippen LogP contribution in [0.5, 0.6) is 0 Å². The number of thiophene rings is 1. The summed E-state index contributed by atoms with van der Waals surface area (Å²) >= 11 is 1.74. The number of nitrogens with two attached hydrogens (primary N) is 1. The lowest BCUT2D eigenvalue weighted by atomic mass is 10.1. The molecule has 1 atom stereocenters. The summed E-state index contributed by atoms with van der Waals surface area (Å²) in [5.41, 5.74) is 10.1. The summed E-state index contributed by atoms with van der Waals surface area (Å²) in [6.07, 6.45) is 0. The van der Waals surface area contributed by atoms with E-state index >= 15 is 0 Å². The molecule has 1 aromatic heterocycles. The lowest BCUT2D eigenvalue weighted by Gasteiger charge is -2.14. The second-order valence-corrected chi connectivity index (χ2v) is 7.98. The molecule has 2 amide bonds. The van der Waals surface area contributed by atoms with Crippen LogP contribution in [0.4, 0.5) is 0 Å². The molecule has 3 rings (SSSR count). The van der Waals surface area contributed by atoms with Crippen molar-refractivity contribution in [2.75, 3.05) is 6.54 Å². The van der Waals surface area contributed by atoms with Gasteiger partial charge in [-0.25, -0.2) is 5.48 Å². The van der Waals surface area contributed by atoms with Gasteiger partial charge in [-0.1, -0.05) is 37.5 Å². The van der Waals surface area contributed by atoms with Crippen molar-refractivity contribution in [2.45, 2.75) is 26.6 Å². The number of amides is 2. The number of hydrogen-bond acceptors (Lipinski definition) is 6. The predicted molar refractivity (Wildman–Crippen MR) is 131 cm³/mol. The van der Waals surface area contributed by atoms with Crippen LogP contribution < -0.4 is 21.8 Å². The molecule has 0 saturated heterocycles. The van der Waals surface area contributed by atoms with Crippen LogP contribution in [-0.2, 0) is 17.9 Å². The molecule has 0 unspecified atom stereocenters. The number of nitrogens with one attached hydrogen (secondary N) is 3. The van der Waals surface area contributed by atoms with Gasteiger partial charge in [-0.05, 0) is 53.4 Å². The zero-order valence-electron chi connectivity index (χ0n) is 17.3. The molecule has 0 fully saturated rings. The van der Waals surface area contributed by atoms with Crippen molar-refractivity contribution in [2.24, 2.45) is 5.73 Å². The number of carbonyl (C=O) groups is 2. The number of rotatable bonds is 8. The van der Waals surface area contributed by atoms with Crippen LogP contribution in [-0.4, -0.2) is 29.6 Å². The average Bonchev–Trinajstić information content (AvgIpc) is 3.35. The van der Waals surface area contributed by atoms with E-state index in [0.29, 0.717) is 5.56 Å². The summed E-state index contributed by atoms with van der Waals surface area (Å²) in [6, 6.07) is 17.9. The minimum atomic E-state index is -1.01. The molecule has 7 nitrogen and oxygen atoms in total. The van der Waals surface area contributed by atoms with Gasteiger partial charge in [0.15, 0.2) is 0 Å². The number of benzene rings is 2. The minimum absolute atomic E-state index is 0. The smallest absolute Gasteiger partial charge is 0.267 e. The van der Waals surface area contributed by atoms with Gasteiger partial charge in [-0.3, -0.25) is 14.8 Å². The van der Waals surface area contributed by atoms with Crippen LogP contribution in [0.1, 0.15) is 39.4 Å². The first kappa shape index (κ1) is 25.8. The van der Waals surface area contributed by atoms with E-state index in [9.17, 15) is 9.59 Å². The Morgan fingerprint density at radius 3 is 2.15 bits per heavy atom. The van der Waals surface area contributed by atoms with E-state index in [1.54, 1.807) is 35.6 Å². The molecular weight excluding hydrogens is 436 g/mol. The fourth-order valence-corrected chi connectivity index (χ4v) is 3.52. The molecule has 172 valence electrons. The third kappa shape index (κ3) is 7.86. The van der Waals surface area contributed by atoms with Crippen LogP contribution in [0.15, 0.2) is 66.0 Å². The third-order valence-electron chi connectivity index (χ3n) is 4.63. The molecule has 0 spiro atoms. The molecule has 2 aromatic carbocycles. The summed E-state index contributed by atoms with van der Waals surface area (Å²) in [5.74, 6) is 4.95. The molecular formula is C25H28N4O3S. The predicted octanol–water partition coefficient (Wildman–Crippen LogP) is 2.64. The number of hydroxylamine groups is 1. The fraction of sp³-hybridized carbons (Fsp3) is 0.200. The summed E-state index contributed by atoms with van der Waals surface area (Å²) in [4.78, 5) is 25.0. The Bertz CT molecular complexity index is 1090. The summed E-state index contributed by atoms with van der Waals surface area (Å²) in [7, 11) is 0. The van der Waals surface area contributed by atoms with Gasteiger partial charge < -0.3 is 16.4 Å². The maximum atomic E-state index is 12.2. The van der Waals surface area contributed by atoms with E-state index in [0.717, 1.165) is 24.2 Å². The Morgan fingerprint density at radius 1 is 0.970 bits per heavy atom. The Hall–Kier alpha value is -3.48. The highest BCUT2D eigenvalue weighted by atomic mass is 32.1. The zero-order chi connectivity index (χ0) is 22.8. The second-order valence-electron chi connectivity index (χ2n) is 6.94. The van der Waals surface area contributed by atoms with E-state index < -0.39 is 17.9 Å². The molecule has 33 heavy (non-hydrogen) atoms. The van der Waals surface area contributed by atoms with Crippen molar-refractivity contribution in [1.29, 1.82) is 0 Å². The van der Waals surface area contributed by atoms with Gasteiger partial charge in [0.05, 0.1) is 0 Å². The lowest BCUT2D eigenvalue weighted by Crippen LogP contribution is -2.50. The first-order valence-corrected chi connectivity index (χ1v) is 10.9. The number of carbonyl (C=O) groups excluding carboxylic acids is 2. The highest BCUT2D eigenvalue weighted by Crippen LogP contribution is 2.09. The van der Waals surface area contributed by atoms with E-state index in [1.807, 2.05) is 18.2 Å². The Kier molecular flexibility index (Phi) is 10.3. The van der Waals surface area contributed by atoms with Gasteiger partial charge >= 0.3 is 0 Å². The van der Waals surface area contributed by atoms with E-state index in [2.05, 4.69) is 46.1 Å². The van der Waals surface area contributed by atoms with Crippen LogP contribution in [0, 0.1) is 11.8 Å². The van der Waals surface area contributed by atoms with Gasteiger partial charge in [0.1, 0.15) is 6.04 Å². The normalized spacial score (nSPS) is 10.8. The Balaban J connectivity index is 0.00000385. The van der Waals surface area contributed by atoms with E-state index in [1.165, 1.54) is 15.9 Å². The topological polar surface area (TPSA) is 116 Å². The molecule has 0 aliphatic heterocycles. The first-order chi connectivity index (χ1) is 15.6. The van der Waals surface area contributed by atoms with Crippen molar-refractivity contribution < 1.29 is 14.8 Å². The summed E-state index contributed by atoms with van der Waals surface area (Å²) < 4.78 is 0. The highest BCUT2D eigenvalue weighted by molar-refractivity contribution is 7.09. The van der Waals surface area contributed by atoms with E-state index in [-0.39, 0.29) is 14.0 Å². The first-order valence-electron chi connectivity index (χ1n) is 9.98. The molecule has 0 aliphatic rings. The number of hydrogen-bond donors (Lipinski definition) is 5. The zero-order valence-corrected chi connectivity index (χ0v) is 18.1. The van der Waals surface area contributed by atoms with Crippen molar-refractivity contribution in [3.05, 3.63) is 93.2 Å². The highest BCUT2D eigenvalue weighted by Gasteiger charge is 2.19. The SMILES string of the molecule is C.NC[C@H](NC(=O)c1ccc(C#Cc2ccc(CNCc3cccs3)cc2)cc1)C(=O)NO. The van der Waals surface area contributed by atoms with Crippen molar-refractivity contribution >= 4 is 23.2 Å². The van der Waals surface area contributed by atoms with Gasteiger partial charge in [-0.15, -0.1) is 11.3 Å². The fourth-order valence-electron chi connectivity index (χ4n) is 2.85. The molecule has 0 radical (unpaired) electrons. The summed E-state index contributed by atoms with van der Waals surface area (Å²) in [5, 5.41) is 16.6. The van der Waals surface area contributed by atoms with Gasteiger partial charge in [-0.2, -0.15) is 0 Å². The molecule has 8 heteroatoms. The van der Waals surface area contributed by atoms with Crippen molar-refractivity contribution in [3.63, 3.8) is 0 Å². The molecule has 0 aliphatic carbocycles. The quantitative estimate of drug-likeness (QED) is 0.200. The van der Waals surface area contributed by atoms with Crippen LogP contribution >= 0.6 is 11.3 Å². The maximum absolute atomic E-state index is 12.2. The van der Waals surface area contributed by atoms with Crippen LogP contribution in [0.2, 0.25) is 0 Å². The van der Waals surface area contributed by atoms with Crippen LogP contribution in [0.3, 0.4) is 0 Å². The maximum Gasteiger partial charge on any atom is 0.267 e. The monoisotopic (exact) mass is 464 g/mol. The van der Waals surface area contributed by atoms with Gasteiger partial charge in [0.2, 0.25) is 0 Å². The molecule has 3 aromatic rings. The molecule has 1 heterocycles. The average molecular weight is 465 g/mol. The molecule has 0 bridgehead atoms. The van der Waals surface area contributed by atoms with E-state index in [4.69, 9.17) is 10.9 Å². The minimum Gasteiger partial charge on any atom is -0.339 e. The largest absolute Gasteiger partial charge is 0.339 e. The Morgan fingerprint density at radius 2 is 1.61 bits per heavy atom. The van der Waals surface area contributed by atoms with Crippen LogP contribution in [0.25, 0.3) is 0 Å².